The van der Waals surface area contributed by atoms with E-state index in [1.165, 1.54) is 0 Å². The van der Waals surface area contributed by atoms with Crippen LogP contribution in [-0.2, 0) is 10.0 Å². The molecular weight excluding hydrogens is 193 g/mol. The summed E-state index contributed by atoms with van der Waals surface area (Å²) in [5, 5.41) is 3.66. The topological polar surface area (TPSA) is 60.2 Å². The Bertz CT molecular complexity index is 173. The van der Waals surface area contributed by atoms with Crippen LogP contribution in [0.2, 0.25) is 0 Å². The van der Waals surface area contributed by atoms with Gasteiger partial charge in [-0.2, -0.15) is 13.2 Å². The number of halogens is 3. The van der Waals surface area contributed by atoms with Crippen molar-refractivity contribution in [3.05, 3.63) is 0 Å². The molecule has 0 saturated carbocycles. The van der Waals surface area contributed by atoms with Gasteiger partial charge in [0, 0.05) is 59.1 Å². The van der Waals surface area contributed by atoms with Gasteiger partial charge in [0.25, 0.3) is 0 Å². The zero-order valence-corrected chi connectivity index (χ0v) is 10.3. The summed E-state index contributed by atoms with van der Waals surface area (Å²) in [6, 6.07) is 0. The molecule has 9 heteroatoms. The van der Waals surface area contributed by atoms with Crippen molar-refractivity contribution in [1.29, 1.82) is 0 Å². The van der Waals surface area contributed by atoms with Crippen molar-refractivity contribution in [2.45, 2.75) is 5.51 Å². The van der Waals surface area contributed by atoms with Crippen molar-refractivity contribution in [3.63, 3.8) is 0 Å². The van der Waals surface area contributed by atoms with E-state index in [1.807, 2.05) is 0 Å². The van der Waals surface area contributed by atoms with E-state index in [9.17, 15) is 21.6 Å². The largest absolute Gasteiger partial charge is 0.511 e. The number of nitrogens with two attached hydrogens (primary N) is 1. The van der Waals surface area contributed by atoms with E-state index in [0.717, 1.165) is 0 Å². The summed E-state index contributed by atoms with van der Waals surface area (Å²) in [6.07, 6.45) is 0. The van der Waals surface area contributed by atoms with E-state index in [4.69, 9.17) is 0 Å². The van der Waals surface area contributed by atoms with Crippen LogP contribution in [-0.4, -0.2) is 73.0 Å². The molecule has 3 nitrogen and oxygen atoms in total. The van der Waals surface area contributed by atoms with Crippen LogP contribution in [0.3, 0.4) is 0 Å². The van der Waals surface area contributed by atoms with Gasteiger partial charge in [0.15, 0.2) is 0 Å². The van der Waals surface area contributed by atoms with Crippen LogP contribution in [0.25, 0.3) is 0 Å². The number of hydrogen-bond donors (Lipinski definition) is 1. The molecule has 2 radical (unpaired) electrons. The minimum atomic E-state index is -5.34. The molecular formula is CH2F3NNa2O2S. The molecule has 52 valence electrons. The molecule has 0 aromatic carbocycles. The molecule has 0 atom stereocenters. The number of rotatable bonds is 0. The van der Waals surface area contributed by atoms with Gasteiger partial charge in [0.05, 0.1) is 0 Å². The van der Waals surface area contributed by atoms with E-state index in [0.29, 0.717) is 0 Å². The maximum absolute atomic E-state index is 10.8. The van der Waals surface area contributed by atoms with Crippen molar-refractivity contribution in [2.24, 2.45) is 5.14 Å². The number of hydrogen-bond acceptors (Lipinski definition) is 2. The molecule has 0 aliphatic heterocycles. The van der Waals surface area contributed by atoms with Gasteiger partial charge in [-0.05, 0) is 0 Å². The Balaban J connectivity index is -0.000000245. The zero-order valence-electron chi connectivity index (χ0n) is 5.44. The Morgan fingerprint density at radius 3 is 1.20 bits per heavy atom. The minimum Gasteiger partial charge on any atom is -0.221 e. The Kier molecular flexibility index (Phi) is 9.49. The monoisotopic (exact) mass is 195 g/mol. The molecule has 0 spiro atoms. The van der Waals surface area contributed by atoms with Crippen LogP contribution in [0.1, 0.15) is 0 Å². The summed E-state index contributed by atoms with van der Waals surface area (Å²) in [5.41, 5.74) is -5.31. The van der Waals surface area contributed by atoms with Gasteiger partial charge in [-0.25, -0.2) is 13.6 Å². The minimum absolute atomic E-state index is 0. The molecule has 0 aromatic rings. The van der Waals surface area contributed by atoms with Gasteiger partial charge in [-0.15, -0.1) is 0 Å². The third-order valence-electron chi connectivity index (χ3n) is 0.323. The maximum atomic E-state index is 10.8. The number of sulfonamides is 1. The second-order valence-electron chi connectivity index (χ2n) is 0.991. The second kappa shape index (κ2) is 5.36. The first-order chi connectivity index (χ1) is 3.25. The molecule has 0 amide bonds. The molecule has 0 aliphatic carbocycles. The van der Waals surface area contributed by atoms with E-state index in [1.54, 1.807) is 0 Å². The summed E-state index contributed by atoms with van der Waals surface area (Å²) in [7, 11) is -5.34. The summed E-state index contributed by atoms with van der Waals surface area (Å²) in [6.45, 7) is 0. The van der Waals surface area contributed by atoms with Gasteiger partial charge in [-0.1, -0.05) is 0 Å². The fourth-order valence-electron chi connectivity index (χ4n) is 0. The van der Waals surface area contributed by atoms with E-state index < -0.39 is 15.5 Å². The summed E-state index contributed by atoms with van der Waals surface area (Å²) in [5.74, 6) is 0. The van der Waals surface area contributed by atoms with Crippen LogP contribution in [0.5, 0.6) is 0 Å². The quantitative estimate of drug-likeness (QED) is 0.505. The Hall–Kier alpha value is 1.70. The number of alkyl halides is 3. The SMILES string of the molecule is NS(=O)(=O)C(F)(F)F.[Na].[Na]. The van der Waals surface area contributed by atoms with Crippen LogP contribution in [0.15, 0.2) is 0 Å². The van der Waals surface area contributed by atoms with Crippen molar-refractivity contribution in [2.75, 3.05) is 0 Å². The number of primary sulfonamides is 1. The van der Waals surface area contributed by atoms with Crippen LogP contribution in [0.4, 0.5) is 13.2 Å². The standard InChI is InChI=1S/CH2F3NO2S.2Na/c2-1(3,4)8(5,6)7;;/h(H2,5,6,7);;. The molecule has 0 aromatic heterocycles. The average molecular weight is 195 g/mol. The summed E-state index contributed by atoms with van der Waals surface area (Å²) in [4.78, 5) is 0. The summed E-state index contributed by atoms with van der Waals surface area (Å²) < 4.78 is 51.2. The zero-order chi connectivity index (χ0) is 7.00. The molecule has 0 unspecified atom stereocenters. The smallest absolute Gasteiger partial charge is 0.221 e. The predicted molar refractivity (Wildman–Crippen MR) is 30.7 cm³/mol. The van der Waals surface area contributed by atoms with Crippen molar-refractivity contribution >= 4 is 69.1 Å². The molecule has 10 heavy (non-hydrogen) atoms. The third kappa shape index (κ3) is 6.41. The molecule has 2 N–H and O–H groups in total. The van der Waals surface area contributed by atoms with Gasteiger partial charge in [-0.3, -0.25) is 0 Å². The van der Waals surface area contributed by atoms with E-state index in [-0.39, 0.29) is 59.1 Å². The van der Waals surface area contributed by atoms with Crippen LogP contribution < -0.4 is 5.14 Å². The van der Waals surface area contributed by atoms with Crippen LogP contribution in [0, 0.1) is 0 Å². The molecule has 0 saturated heterocycles. The van der Waals surface area contributed by atoms with Gasteiger partial charge >= 0.3 is 15.5 Å². The Labute approximate surface area is 100 Å². The van der Waals surface area contributed by atoms with Crippen LogP contribution >= 0.6 is 0 Å². The first-order valence-corrected chi connectivity index (χ1v) is 2.89. The fourth-order valence-corrected chi connectivity index (χ4v) is 0. The van der Waals surface area contributed by atoms with Gasteiger partial charge < -0.3 is 0 Å². The van der Waals surface area contributed by atoms with E-state index in [2.05, 4.69) is 5.14 Å². The van der Waals surface area contributed by atoms with Gasteiger partial charge in [0.1, 0.15) is 0 Å². The maximum Gasteiger partial charge on any atom is 0.511 e. The molecule has 0 fully saturated rings. The third-order valence-corrected chi connectivity index (χ3v) is 0.968. The fraction of sp³-hybridized carbons (Fsp3) is 1.00. The summed E-state index contributed by atoms with van der Waals surface area (Å²) >= 11 is 0. The Morgan fingerprint density at radius 2 is 1.20 bits per heavy atom. The van der Waals surface area contributed by atoms with Gasteiger partial charge in [0.2, 0.25) is 0 Å². The second-order valence-corrected chi connectivity index (χ2v) is 2.54. The first-order valence-electron chi connectivity index (χ1n) is 1.34. The molecule has 0 heterocycles. The molecule has 0 bridgehead atoms. The molecule has 0 aliphatic rings. The normalized spacial score (nSPS) is 11.2. The predicted octanol–water partition coefficient (Wildman–Crippen LogP) is -0.967. The van der Waals surface area contributed by atoms with Crippen molar-refractivity contribution in [1.82, 2.24) is 0 Å². The average Bonchev–Trinajstić information content (AvgIpc) is 1.25. The Morgan fingerprint density at radius 1 is 1.10 bits per heavy atom. The van der Waals surface area contributed by atoms with Crippen molar-refractivity contribution < 1.29 is 21.6 Å². The first kappa shape index (κ1) is 17.7. The molecule has 0 rings (SSSR count). The van der Waals surface area contributed by atoms with Crippen molar-refractivity contribution in [3.8, 4) is 0 Å². The van der Waals surface area contributed by atoms with E-state index >= 15 is 0 Å².